The molecule has 2 N–H and O–H groups in total. The first-order chi connectivity index (χ1) is 14.0. The number of hydrogen-bond acceptors (Lipinski definition) is 5. The number of aromatic hydroxyl groups is 2. The van der Waals surface area contributed by atoms with E-state index in [1.807, 2.05) is 23.8 Å². The van der Waals surface area contributed by atoms with Crippen LogP contribution < -0.4 is 0 Å². The second-order valence-corrected chi connectivity index (χ2v) is 7.72. The zero-order valence-electron chi connectivity index (χ0n) is 17.0. The Morgan fingerprint density at radius 1 is 0.966 bits per heavy atom. The monoisotopic (exact) mass is 392 g/mol. The van der Waals surface area contributed by atoms with Crippen LogP contribution in [0, 0.1) is 0 Å². The van der Waals surface area contributed by atoms with Gasteiger partial charge in [-0.15, -0.1) is 0 Å². The van der Waals surface area contributed by atoms with Gasteiger partial charge in [0, 0.05) is 56.9 Å². The smallest absolute Gasteiger partial charge is 0.148 e. The first-order valence-corrected chi connectivity index (χ1v) is 10.1. The molecule has 6 nitrogen and oxygen atoms in total. The normalized spacial score (nSPS) is 15.7. The molecule has 0 atom stereocenters. The number of phenolic OH excluding ortho intramolecular Hbond substituents is 2. The molecule has 1 aliphatic rings. The van der Waals surface area contributed by atoms with Crippen LogP contribution >= 0.6 is 0 Å². The summed E-state index contributed by atoms with van der Waals surface area (Å²) in [6.45, 7) is 7.37. The highest BCUT2D eigenvalue weighted by Crippen LogP contribution is 2.35. The van der Waals surface area contributed by atoms with E-state index in [2.05, 4.69) is 46.1 Å². The maximum atomic E-state index is 10.4. The lowest BCUT2D eigenvalue weighted by Crippen LogP contribution is -2.43. The highest BCUT2D eigenvalue weighted by molar-refractivity contribution is 5.69. The Hall–Kier alpha value is -2.83. The fourth-order valence-corrected chi connectivity index (χ4v) is 3.82. The van der Waals surface area contributed by atoms with Crippen molar-refractivity contribution in [3.63, 3.8) is 0 Å². The fraction of sp³-hybridized carbons (Fsp3) is 0.348. The summed E-state index contributed by atoms with van der Waals surface area (Å²) in [7, 11) is 2.17. The number of aryl methyl sites for hydroxylation is 1. The molecule has 1 saturated heterocycles. The van der Waals surface area contributed by atoms with Crippen LogP contribution in [0.25, 0.3) is 17.1 Å². The van der Waals surface area contributed by atoms with Gasteiger partial charge in [-0.3, -0.25) is 9.47 Å². The molecule has 0 saturated carbocycles. The minimum atomic E-state index is 0.0267. The second-order valence-electron chi connectivity index (χ2n) is 7.72. The van der Waals surface area contributed by atoms with Crippen molar-refractivity contribution in [1.82, 2.24) is 19.4 Å². The van der Waals surface area contributed by atoms with Crippen molar-refractivity contribution in [3.8, 4) is 28.6 Å². The third-order valence-corrected chi connectivity index (χ3v) is 5.68. The number of aromatic nitrogens is 2. The van der Waals surface area contributed by atoms with Gasteiger partial charge < -0.3 is 15.1 Å². The molecule has 4 rings (SSSR count). The number of piperazine rings is 1. The largest absolute Gasteiger partial charge is 0.508 e. The molecule has 152 valence electrons. The summed E-state index contributed by atoms with van der Waals surface area (Å²) in [6.07, 6.45) is 4.30. The molecular weight excluding hydrogens is 364 g/mol. The molecule has 3 aromatic rings. The third-order valence-electron chi connectivity index (χ3n) is 5.68. The second kappa shape index (κ2) is 8.27. The molecule has 0 unspecified atom stereocenters. The van der Waals surface area contributed by atoms with Gasteiger partial charge in [-0.25, -0.2) is 4.98 Å². The van der Waals surface area contributed by atoms with Crippen molar-refractivity contribution in [1.29, 1.82) is 0 Å². The van der Waals surface area contributed by atoms with Crippen LogP contribution in [0.15, 0.2) is 48.8 Å². The summed E-state index contributed by atoms with van der Waals surface area (Å²) in [5.74, 6) is 0.794. The van der Waals surface area contributed by atoms with Gasteiger partial charge in [-0.05, 0) is 42.8 Å². The average molecular weight is 393 g/mol. The van der Waals surface area contributed by atoms with Gasteiger partial charge in [0.05, 0.1) is 5.56 Å². The summed E-state index contributed by atoms with van der Waals surface area (Å²) >= 11 is 0. The maximum absolute atomic E-state index is 10.4. The summed E-state index contributed by atoms with van der Waals surface area (Å²) in [6, 6.07) is 11.7. The number of nitrogens with zero attached hydrogens (tertiary/aromatic N) is 4. The summed E-state index contributed by atoms with van der Waals surface area (Å²) in [5.41, 5.74) is 3.69. The van der Waals surface area contributed by atoms with Gasteiger partial charge in [0.25, 0.3) is 0 Å². The number of benzene rings is 2. The molecule has 0 aliphatic carbocycles. The highest BCUT2D eigenvalue weighted by atomic mass is 16.3. The number of rotatable bonds is 5. The first kappa shape index (κ1) is 19.5. The Morgan fingerprint density at radius 2 is 1.69 bits per heavy atom. The van der Waals surface area contributed by atoms with Crippen LogP contribution in [-0.2, 0) is 13.0 Å². The summed E-state index contributed by atoms with van der Waals surface area (Å²) in [5, 5.41) is 20.4. The van der Waals surface area contributed by atoms with Crippen molar-refractivity contribution in [2.24, 2.45) is 0 Å². The standard InChI is InChI=1S/C23H28N4O2/c1-3-18-14-20(22(29)15-21(18)28)23-24-8-9-27(23)19-6-4-17(5-7-19)16-26-12-10-25(2)11-13-26/h4-9,14-15,28-29H,3,10-13,16H2,1-2H3. The van der Waals surface area contributed by atoms with Gasteiger partial charge in [0.1, 0.15) is 17.3 Å². The van der Waals surface area contributed by atoms with Crippen molar-refractivity contribution in [2.45, 2.75) is 19.9 Å². The minimum absolute atomic E-state index is 0.0267. The Labute approximate surface area is 171 Å². The molecule has 29 heavy (non-hydrogen) atoms. The van der Waals surface area contributed by atoms with Gasteiger partial charge >= 0.3 is 0 Å². The van der Waals surface area contributed by atoms with Crippen LogP contribution in [-0.4, -0.2) is 62.8 Å². The predicted octanol–water partition coefficient (Wildman–Crippen LogP) is 3.26. The molecule has 0 radical (unpaired) electrons. The zero-order valence-corrected chi connectivity index (χ0v) is 17.0. The van der Waals surface area contributed by atoms with E-state index < -0.39 is 0 Å². The Kier molecular flexibility index (Phi) is 5.56. The first-order valence-electron chi connectivity index (χ1n) is 10.1. The minimum Gasteiger partial charge on any atom is -0.508 e. The molecule has 0 amide bonds. The van der Waals surface area contributed by atoms with E-state index in [1.165, 1.54) is 11.6 Å². The van der Waals surface area contributed by atoms with E-state index in [0.717, 1.165) is 44.0 Å². The molecule has 2 heterocycles. The lowest BCUT2D eigenvalue weighted by molar-refractivity contribution is 0.148. The Balaban J connectivity index is 1.57. The molecule has 0 bridgehead atoms. The van der Waals surface area contributed by atoms with Gasteiger partial charge in [0.15, 0.2) is 0 Å². The van der Waals surface area contributed by atoms with Crippen LogP contribution in [0.1, 0.15) is 18.1 Å². The quantitative estimate of drug-likeness (QED) is 0.698. The van der Waals surface area contributed by atoms with E-state index in [-0.39, 0.29) is 11.5 Å². The van der Waals surface area contributed by atoms with E-state index in [9.17, 15) is 10.2 Å². The number of likely N-dealkylation sites (N-methyl/N-ethyl adjacent to an activating group) is 1. The van der Waals surface area contributed by atoms with E-state index in [4.69, 9.17) is 0 Å². The lowest BCUT2D eigenvalue weighted by atomic mass is 10.1. The predicted molar refractivity (Wildman–Crippen MR) is 114 cm³/mol. The van der Waals surface area contributed by atoms with Crippen LogP contribution in [0.2, 0.25) is 0 Å². The number of imidazole rings is 1. The topological polar surface area (TPSA) is 64.8 Å². The molecular formula is C23H28N4O2. The summed E-state index contributed by atoms with van der Waals surface area (Å²) < 4.78 is 1.96. The fourth-order valence-electron chi connectivity index (χ4n) is 3.82. The SMILES string of the molecule is CCc1cc(-c2nccn2-c2ccc(CN3CCN(C)CC3)cc2)c(O)cc1O. The van der Waals surface area contributed by atoms with Crippen LogP contribution in [0.5, 0.6) is 11.5 Å². The van der Waals surface area contributed by atoms with Crippen molar-refractivity contribution in [3.05, 3.63) is 59.9 Å². The van der Waals surface area contributed by atoms with E-state index in [0.29, 0.717) is 17.8 Å². The average Bonchev–Trinajstić information content (AvgIpc) is 3.20. The molecule has 1 fully saturated rings. The summed E-state index contributed by atoms with van der Waals surface area (Å²) in [4.78, 5) is 9.31. The Bertz CT molecular complexity index is 973. The third kappa shape index (κ3) is 4.13. The molecule has 2 aromatic carbocycles. The Morgan fingerprint density at radius 3 is 2.38 bits per heavy atom. The van der Waals surface area contributed by atoms with Crippen LogP contribution in [0.4, 0.5) is 0 Å². The van der Waals surface area contributed by atoms with Gasteiger partial charge in [0.2, 0.25) is 0 Å². The van der Waals surface area contributed by atoms with Crippen molar-refractivity contribution < 1.29 is 10.2 Å². The maximum Gasteiger partial charge on any atom is 0.148 e. The highest BCUT2D eigenvalue weighted by Gasteiger charge is 2.16. The van der Waals surface area contributed by atoms with Gasteiger partial charge in [-0.1, -0.05) is 19.1 Å². The van der Waals surface area contributed by atoms with E-state index in [1.54, 1.807) is 6.20 Å². The van der Waals surface area contributed by atoms with Crippen molar-refractivity contribution >= 4 is 0 Å². The van der Waals surface area contributed by atoms with Gasteiger partial charge in [-0.2, -0.15) is 0 Å². The molecule has 6 heteroatoms. The number of phenols is 2. The lowest BCUT2D eigenvalue weighted by Gasteiger charge is -2.32. The molecule has 1 aliphatic heterocycles. The molecule has 0 spiro atoms. The molecule has 1 aromatic heterocycles. The number of hydrogen-bond donors (Lipinski definition) is 2. The zero-order chi connectivity index (χ0) is 20.4. The van der Waals surface area contributed by atoms with Crippen molar-refractivity contribution in [2.75, 3.05) is 33.2 Å². The van der Waals surface area contributed by atoms with E-state index >= 15 is 0 Å². The van der Waals surface area contributed by atoms with Crippen LogP contribution in [0.3, 0.4) is 0 Å².